The predicted octanol–water partition coefficient (Wildman–Crippen LogP) is -0.995. The van der Waals surface area contributed by atoms with Crippen molar-refractivity contribution in [1.82, 2.24) is 20.2 Å². The van der Waals surface area contributed by atoms with Crippen molar-refractivity contribution in [3.8, 4) is 5.75 Å². The van der Waals surface area contributed by atoms with Gasteiger partial charge in [-0.15, -0.1) is 0 Å². The first kappa shape index (κ1) is 9.90. The van der Waals surface area contributed by atoms with Gasteiger partial charge in [0.25, 0.3) is 5.56 Å². The van der Waals surface area contributed by atoms with Crippen molar-refractivity contribution in [1.29, 1.82) is 0 Å². The fourth-order valence-corrected chi connectivity index (χ4v) is 1.02. The summed E-state index contributed by atoms with van der Waals surface area (Å²) in [5.41, 5.74) is -1.79. The molecule has 16 heavy (non-hydrogen) atoms. The van der Waals surface area contributed by atoms with Crippen LogP contribution < -0.4 is 16.0 Å². The molecule has 8 heteroatoms. The van der Waals surface area contributed by atoms with Gasteiger partial charge in [0, 0.05) is 6.20 Å². The Kier molecular flexibility index (Phi) is 2.38. The molecular formula is C8H6N4O4. The summed E-state index contributed by atoms with van der Waals surface area (Å²) in [4.78, 5) is 37.4. The molecule has 0 bridgehead atoms. The van der Waals surface area contributed by atoms with E-state index in [1.807, 2.05) is 4.98 Å². The van der Waals surface area contributed by atoms with Crippen LogP contribution in [0.15, 0.2) is 28.2 Å². The molecule has 0 spiro atoms. The van der Waals surface area contributed by atoms with Crippen LogP contribution in [0.4, 0.5) is 0 Å². The third-order valence-electron chi connectivity index (χ3n) is 1.72. The summed E-state index contributed by atoms with van der Waals surface area (Å²) in [5.74, 6) is -0.700. The summed E-state index contributed by atoms with van der Waals surface area (Å²) >= 11 is 0. The van der Waals surface area contributed by atoms with E-state index in [1.54, 1.807) is 0 Å². The summed E-state index contributed by atoms with van der Waals surface area (Å²) in [7, 11) is 0. The van der Waals surface area contributed by atoms with Crippen LogP contribution >= 0.6 is 0 Å². The molecule has 0 aromatic carbocycles. The lowest BCUT2D eigenvalue weighted by atomic mass is 10.3. The third-order valence-corrected chi connectivity index (χ3v) is 1.72. The van der Waals surface area contributed by atoms with Crippen molar-refractivity contribution in [3.05, 3.63) is 45.0 Å². The SMILES string of the molecule is O=C(Oc1cn[nH]c1)c1c[nH]c(=O)[nH]c1=O. The van der Waals surface area contributed by atoms with Crippen LogP contribution in [-0.4, -0.2) is 26.1 Å². The standard InChI is InChI=1S/C8H6N4O4/c13-6-5(3-9-8(15)12-6)7(14)16-4-1-10-11-2-4/h1-3H,(H,10,11)(H2,9,12,13,15). The number of ether oxygens (including phenoxy) is 1. The van der Waals surface area contributed by atoms with E-state index in [9.17, 15) is 14.4 Å². The predicted molar refractivity (Wildman–Crippen MR) is 51.2 cm³/mol. The van der Waals surface area contributed by atoms with Crippen LogP contribution in [0.1, 0.15) is 10.4 Å². The molecule has 0 amide bonds. The number of carbonyl (C=O) groups is 1. The lowest BCUT2D eigenvalue weighted by Gasteiger charge is -1.98. The molecule has 8 nitrogen and oxygen atoms in total. The smallest absolute Gasteiger partial charge is 0.350 e. The van der Waals surface area contributed by atoms with E-state index in [2.05, 4.69) is 15.2 Å². The first-order valence-corrected chi connectivity index (χ1v) is 4.20. The first-order chi connectivity index (χ1) is 7.66. The van der Waals surface area contributed by atoms with Crippen LogP contribution in [0.5, 0.6) is 5.75 Å². The highest BCUT2D eigenvalue weighted by Crippen LogP contribution is 2.06. The van der Waals surface area contributed by atoms with Gasteiger partial charge in [0.15, 0.2) is 5.75 Å². The Bertz CT molecular complexity index is 609. The van der Waals surface area contributed by atoms with Gasteiger partial charge in [0.05, 0.1) is 12.4 Å². The van der Waals surface area contributed by atoms with Crippen molar-refractivity contribution in [2.45, 2.75) is 0 Å². The lowest BCUT2D eigenvalue weighted by Crippen LogP contribution is -2.28. The Morgan fingerprint density at radius 2 is 2.12 bits per heavy atom. The summed E-state index contributed by atoms with van der Waals surface area (Å²) in [6.07, 6.45) is 3.61. The Morgan fingerprint density at radius 1 is 1.31 bits per heavy atom. The number of aromatic nitrogens is 4. The zero-order chi connectivity index (χ0) is 11.5. The molecule has 0 saturated carbocycles. The number of aromatic amines is 3. The highest BCUT2D eigenvalue weighted by atomic mass is 16.5. The van der Waals surface area contributed by atoms with Crippen LogP contribution in [0, 0.1) is 0 Å². The van der Waals surface area contributed by atoms with Gasteiger partial charge in [-0.2, -0.15) is 5.10 Å². The van der Waals surface area contributed by atoms with Gasteiger partial charge >= 0.3 is 11.7 Å². The summed E-state index contributed by atoms with van der Waals surface area (Å²) in [5, 5.41) is 6.00. The van der Waals surface area contributed by atoms with Gasteiger partial charge in [-0.05, 0) is 0 Å². The second kappa shape index (κ2) is 3.85. The molecule has 0 unspecified atom stereocenters. The second-order valence-electron chi connectivity index (χ2n) is 2.81. The zero-order valence-corrected chi connectivity index (χ0v) is 7.81. The maximum absolute atomic E-state index is 11.4. The number of esters is 1. The van der Waals surface area contributed by atoms with Gasteiger partial charge in [0.1, 0.15) is 5.56 Å². The Hall–Kier alpha value is -2.64. The van der Waals surface area contributed by atoms with Gasteiger partial charge < -0.3 is 9.72 Å². The molecule has 0 aliphatic heterocycles. The van der Waals surface area contributed by atoms with E-state index < -0.39 is 17.2 Å². The molecular weight excluding hydrogens is 216 g/mol. The van der Waals surface area contributed by atoms with Gasteiger partial charge in [-0.1, -0.05) is 0 Å². The molecule has 2 aromatic heterocycles. The fraction of sp³-hybridized carbons (Fsp3) is 0. The summed E-state index contributed by atoms with van der Waals surface area (Å²) in [6.45, 7) is 0. The third kappa shape index (κ3) is 1.90. The first-order valence-electron chi connectivity index (χ1n) is 4.20. The van der Waals surface area contributed by atoms with Crippen LogP contribution in [0.3, 0.4) is 0 Å². The van der Waals surface area contributed by atoms with Gasteiger partial charge in [0.2, 0.25) is 0 Å². The average Bonchev–Trinajstić information content (AvgIpc) is 2.70. The largest absolute Gasteiger partial charge is 0.419 e. The highest BCUT2D eigenvalue weighted by Gasteiger charge is 2.13. The van der Waals surface area contributed by atoms with Crippen molar-refractivity contribution in [2.24, 2.45) is 0 Å². The molecule has 82 valence electrons. The Balaban J connectivity index is 2.28. The molecule has 2 aromatic rings. The van der Waals surface area contributed by atoms with E-state index in [0.717, 1.165) is 6.20 Å². The van der Waals surface area contributed by atoms with Crippen LogP contribution in [0.2, 0.25) is 0 Å². The summed E-state index contributed by atoms with van der Waals surface area (Å²) in [6, 6.07) is 0. The molecule has 2 heterocycles. The van der Waals surface area contributed by atoms with Crippen molar-refractivity contribution < 1.29 is 9.53 Å². The van der Waals surface area contributed by atoms with Crippen molar-refractivity contribution in [3.63, 3.8) is 0 Å². The number of hydrogen-bond acceptors (Lipinski definition) is 5. The maximum Gasteiger partial charge on any atom is 0.350 e. The minimum atomic E-state index is -0.876. The van der Waals surface area contributed by atoms with E-state index in [0.29, 0.717) is 0 Å². The van der Waals surface area contributed by atoms with Crippen LogP contribution in [0.25, 0.3) is 0 Å². The molecule has 0 fully saturated rings. The zero-order valence-electron chi connectivity index (χ0n) is 7.81. The topological polar surface area (TPSA) is 121 Å². The van der Waals surface area contributed by atoms with E-state index in [-0.39, 0.29) is 11.3 Å². The maximum atomic E-state index is 11.4. The molecule has 0 aliphatic carbocycles. The fourth-order valence-electron chi connectivity index (χ4n) is 1.02. The second-order valence-corrected chi connectivity index (χ2v) is 2.81. The van der Waals surface area contributed by atoms with E-state index >= 15 is 0 Å². The van der Waals surface area contributed by atoms with Crippen molar-refractivity contribution in [2.75, 3.05) is 0 Å². The number of nitrogens with zero attached hydrogens (tertiary/aromatic N) is 1. The Labute approximate surface area is 87.3 Å². The van der Waals surface area contributed by atoms with E-state index in [4.69, 9.17) is 4.74 Å². The molecule has 2 rings (SSSR count). The number of hydrogen-bond donors (Lipinski definition) is 3. The van der Waals surface area contributed by atoms with E-state index in [1.165, 1.54) is 12.4 Å². The molecule has 0 saturated heterocycles. The monoisotopic (exact) mass is 222 g/mol. The number of carbonyl (C=O) groups excluding carboxylic acids is 1. The van der Waals surface area contributed by atoms with Gasteiger partial charge in [-0.25, -0.2) is 9.59 Å². The highest BCUT2D eigenvalue weighted by molar-refractivity contribution is 5.90. The van der Waals surface area contributed by atoms with Gasteiger partial charge in [-0.3, -0.25) is 14.9 Å². The van der Waals surface area contributed by atoms with Crippen molar-refractivity contribution >= 4 is 5.97 Å². The van der Waals surface area contributed by atoms with Crippen LogP contribution in [-0.2, 0) is 0 Å². The lowest BCUT2D eigenvalue weighted by molar-refractivity contribution is 0.0732. The number of H-pyrrole nitrogens is 3. The molecule has 0 radical (unpaired) electrons. The average molecular weight is 222 g/mol. The number of rotatable bonds is 2. The Morgan fingerprint density at radius 3 is 2.75 bits per heavy atom. The minimum absolute atomic E-state index is 0.176. The normalized spacial score (nSPS) is 10.0. The molecule has 0 aliphatic rings. The number of nitrogens with one attached hydrogen (secondary N) is 3. The summed E-state index contributed by atoms with van der Waals surface area (Å²) < 4.78 is 4.79. The molecule has 0 atom stereocenters. The minimum Gasteiger partial charge on any atom is -0.419 e. The molecule has 3 N–H and O–H groups in total. The quantitative estimate of drug-likeness (QED) is 0.563.